The minimum Gasteiger partial charge on any atom is -0.394 e. The largest absolute Gasteiger partial charge is 0.435 e. The third-order valence-corrected chi connectivity index (χ3v) is 4.59. The van der Waals surface area contributed by atoms with Crippen LogP contribution in [0.1, 0.15) is 32.1 Å². The van der Waals surface area contributed by atoms with Gasteiger partial charge in [0.2, 0.25) is 0 Å². The predicted octanol–water partition coefficient (Wildman–Crippen LogP) is 3.40. The Balaban J connectivity index is 0.000000255. The minimum absolute atomic E-state index is 0.220. The van der Waals surface area contributed by atoms with E-state index in [9.17, 15) is 44.6 Å². The molecule has 0 aromatic carbocycles. The number of fused-ring (bicyclic) bond motifs is 1. The van der Waals surface area contributed by atoms with Crippen molar-refractivity contribution < 1.29 is 49.7 Å². The summed E-state index contributed by atoms with van der Waals surface area (Å²) in [5, 5.41) is 17.0. The summed E-state index contributed by atoms with van der Waals surface area (Å²) in [6.07, 6.45) is -14.2. The van der Waals surface area contributed by atoms with Gasteiger partial charge in [0.05, 0.1) is 6.61 Å². The van der Waals surface area contributed by atoms with E-state index in [1.165, 1.54) is 45.2 Å². The van der Waals surface area contributed by atoms with E-state index in [4.69, 9.17) is 5.11 Å². The smallest absolute Gasteiger partial charge is 0.394 e. The number of halogens is 9. The molecule has 2 heterocycles. The zero-order chi connectivity index (χ0) is 19.7. The maximum absolute atomic E-state index is 11.4. The Morgan fingerprint density at radius 3 is 1.44 bits per heavy atom. The van der Waals surface area contributed by atoms with Gasteiger partial charge in [-0.2, -0.15) is 39.5 Å². The van der Waals surface area contributed by atoms with Crippen LogP contribution in [0.5, 0.6) is 0 Å². The molecule has 0 aromatic heterocycles. The fraction of sp³-hybridized carbons (Fsp3) is 1.00. The molecule has 3 nitrogen and oxygen atoms in total. The molecule has 2 saturated heterocycles. The summed E-state index contributed by atoms with van der Waals surface area (Å²) in [4.78, 5) is 2.50. The highest BCUT2D eigenvalue weighted by molar-refractivity contribution is 5.00. The molecule has 2 N–H and O–H groups in total. The van der Waals surface area contributed by atoms with Crippen LogP contribution in [-0.2, 0) is 0 Å². The van der Waals surface area contributed by atoms with Crippen molar-refractivity contribution in [1.29, 1.82) is 0 Å². The van der Waals surface area contributed by atoms with E-state index >= 15 is 0 Å². The first kappa shape index (κ1) is 22.3. The molecule has 0 spiro atoms. The van der Waals surface area contributed by atoms with Crippen LogP contribution in [0.2, 0.25) is 0 Å². The zero-order valence-corrected chi connectivity index (χ0v) is 12.9. The molecule has 0 saturated carbocycles. The molecule has 150 valence electrons. The fourth-order valence-electron chi connectivity index (χ4n) is 3.12. The van der Waals surface area contributed by atoms with Gasteiger partial charge in [-0.1, -0.05) is 6.42 Å². The van der Waals surface area contributed by atoms with Crippen LogP contribution in [0, 0.1) is 0 Å². The first-order chi connectivity index (χ1) is 11.1. The highest BCUT2D eigenvalue weighted by Crippen LogP contribution is 2.52. The quantitative estimate of drug-likeness (QED) is 0.674. The van der Waals surface area contributed by atoms with Crippen LogP contribution in [0.3, 0.4) is 0 Å². The van der Waals surface area contributed by atoms with E-state index in [0.29, 0.717) is 6.61 Å². The lowest BCUT2D eigenvalue weighted by molar-refractivity contribution is -0.447. The Labute approximate surface area is 137 Å². The van der Waals surface area contributed by atoms with E-state index in [0.717, 1.165) is 0 Å². The molecule has 0 amide bonds. The minimum atomic E-state index is -6.87. The highest BCUT2D eigenvalue weighted by Gasteiger charge is 2.83. The average molecular weight is 391 g/mol. The maximum atomic E-state index is 11.4. The first-order valence-electron chi connectivity index (χ1n) is 7.41. The number of nitrogens with zero attached hydrogens (tertiary/aromatic N) is 1. The standard InChI is InChI=1S/C9H17NO.C4HF9O/c11-8-9-4-1-2-6-10(9)7-3-5-9;5-2(6,7)1(14,3(8,9)10)4(11,12)13/h11H,1-8H2;14H. The second-order valence-electron chi connectivity index (χ2n) is 6.13. The van der Waals surface area contributed by atoms with Crippen molar-refractivity contribution >= 4 is 0 Å². The van der Waals surface area contributed by atoms with Crippen LogP contribution in [0.4, 0.5) is 39.5 Å². The van der Waals surface area contributed by atoms with Gasteiger partial charge in [0.15, 0.2) is 0 Å². The Bertz CT molecular complexity index is 410. The Morgan fingerprint density at radius 1 is 0.720 bits per heavy atom. The second kappa shape index (κ2) is 7.10. The van der Waals surface area contributed by atoms with Gasteiger partial charge in [-0.05, 0) is 38.8 Å². The first-order valence-corrected chi connectivity index (χ1v) is 7.41. The van der Waals surface area contributed by atoms with Crippen LogP contribution < -0.4 is 0 Å². The molecule has 1 atom stereocenters. The molecule has 2 aliphatic rings. The molecule has 0 bridgehead atoms. The van der Waals surface area contributed by atoms with Gasteiger partial charge in [0.25, 0.3) is 0 Å². The molecule has 12 heteroatoms. The van der Waals surface area contributed by atoms with Gasteiger partial charge in [0.1, 0.15) is 0 Å². The van der Waals surface area contributed by atoms with Crippen LogP contribution >= 0.6 is 0 Å². The van der Waals surface area contributed by atoms with E-state index in [-0.39, 0.29) is 5.54 Å². The summed E-state index contributed by atoms with van der Waals surface area (Å²) < 4.78 is 103. The topological polar surface area (TPSA) is 43.7 Å². The monoisotopic (exact) mass is 391 g/mol. The van der Waals surface area contributed by atoms with Crippen molar-refractivity contribution in [3.05, 3.63) is 0 Å². The maximum Gasteiger partial charge on any atom is 0.435 e. The second-order valence-corrected chi connectivity index (χ2v) is 6.13. The number of alkyl halides is 9. The van der Waals surface area contributed by atoms with Crippen molar-refractivity contribution in [2.24, 2.45) is 0 Å². The van der Waals surface area contributed by atoms with Crippen molar-refractivity contribution in [3.63, 3.8) is 0 Å². The fourth-order valence-corrected chi connectivity index (χ4v) is 3.12. The molecular weight excluding hydrogens is 373 g/mol. The molecule has 2 fully saturated rings. The Kier molecular flexibility index (Phi) is 6.33. The molecule has 2 rings (SSSR count). The summed E-state index contributed by atoms with van der Waals surface area (Å²) in [7, 11) is 0. The van der Waals surface area contributed by atoms with E-state index in [1.54, 1.807) is 0 Å². The highest BCUT2D eigenvalue weighted by atomic mass is 19.4. The number of aliphatic hydroxyl groups is 2. The average Bonchev–Trinajstić information content (AvgIpc) is 2.88. The summed E-state index contributed by atoms with van der Waals surface area (Å²) in [5.41, 5.74) is -6.47. The lowest BCUT2D eigenvalue weighted by Crippen LogP contribution is -2.66. The van der Waals surface area contributed by atoms with Gasteiger partial charge in [0, 0.05) is 5.54 Å². The molecule has 0 aliphatic carbocycles. The number of hydrogen-bond acceptors (Lipinski definition) is 3. The Hall–Kier alpha value is -0.750. The van der Waals surface area contributed by atoms with E-state index in [2.05, 4.69) is 4.90 Å². The molecule has 25 heavy (non-hydrogen) atoms. The van der Waals surface area contributed by atoms with Crippen LogP contribution in [-0.4, -0.2) is 64.5 Å². The lowest BCUT2D eigenvalue weighted by atomic mass is 9.87. The lowest BCUT2D eigenvalue weighted by Gasteiger charge is -2.41. The molecular formula is C13H18F9NO2. The van der Waals surface area contributed by atoms with Crippen molar-refractivity contribution in [2.75, 3.05) is 19.7 Å². The van der Waals surface area contributed by atoms with Crippen molar-refractivity contribution in [2.45, 2.75) is 61.8 Å². The van der Waals surface area contributed by atoms with Crippen LogP contribution in [0.15, 0.2) is 0 Å². The normalized spacial score (nSPS) is 26.0. The van der Waals surface area contributed by atoms with Crippen LogP contribution in [0.25, 0.3) is 0 Å². The zero-order valence-electron chi connectivity index (χ0n) is 12.9. The summed E-state index contributed by atoms with van der Waals surface area (Å²) in [6.45, 7) is 2.83. The molecule has 2 aliphatic heterocycles. The number of aliphatic hydroxyl groups excluding tert-OH is 1. The SMILES string of the molecule is OC(C(F)(F)F)(C(F)(F)F)C(F)(F)F.OCC12CCCCN1CCC2. The van der Waals surface area contributed by atoms with Gasteiger partial charge in [-0.15, -0.1) is 0 Å². The third kappa shape index (κ3) is 4.16. The third-order valence-electron chi connectivity index (χ3n) is 4.59. The van der Waals surface area contributed by atoms with E-state index < -0.39 is 24.1 Å². The van der Waals surface area contributed by atoms with Crippen molar-refractivity contribution in [3.8, 4) is 0 Å². The summed E-state index contributed by atoms with van der Waals surface area (Å²) >= 11 is 0. The molecule has 0 aromatic rings. The molecule has 0 radical (unpaired) electrons. The van der Waals surface area contributed by atoms with E-state index in [1.807, 2.05) is 0 Å². The van der Waals surface area contributed by atoms with Gasteiger partial charge in [-0.3, -0.25) is 4.90 Å². The number of rotatable bonds is 1. The summed E-state index contributed by atoms with van der Waals surface area (Å²) in [5.74, 6) is 0. The number of piperidine rings is 1. The number of hydrogen-bond donors (Lipinski definition) is 2. The van der Waals surface area contributed by atoms with Gasteiger partial charge < -0.3 is 10.2 Å². The van der Waals surface area contributed by atoms with Gasteiger partial charge in [-0.25, -0.2) is 0 Å². The van der Waals surface area contributed by atoms with Gasteiger partial charge >= 0.3 is 24.1 Å². The Morgan fingerprint density at radius 2 is 1.12 bits per heavy atom. The van der Waals surface area contributed by atoms with Crippen molar-refractivity contribution in [1.82, 2.24) is 4.90 Å². The molecule has 1 unspecified atom stereocenters. The summed E-state index contributed by atoms with van der Waals surface area (Å²) in [6, 6.07) is 0. The predicted molar refractivity (Wildman–Crippen MR) is 67.6 cm³/mol.